The second-order valence-electron chi connectivity index (χ2n) is 7.23. The molecule has 0 atom stereocenters. The maximum Gasteiger partial charge on any atom is 0.410 e. The molecule has 0 saturated carbocycles. The quantitative estimate of drug-likeness (QED) is 0.799. The van der Waals surface area contributed by atoms with Crippen LogP contribution < -0.4 is 0 Å². The average molecular weight is 401 g/mol. The Morgan fingerprint density at radius 2 is 1.56 bits per heavy atom. The maximum atomic E-state index is 12.1. The number of carbonyl (C=O) groups excluding carboxylic acids is 1. The van der Waals surface area contributed by atoms with Gasteiger partial charge in [0.1, 0.15) is 5.60 Å². The van der Waals surface area contributed by atoms with Crippen molar-refractivity contribution in [1.82, 2.24) is 9.80 Å². The molecule has 2 rings (SSSR count). The van der Waals surface area contributed by atoms with Crippen molar-refractivity contribution < 1.29 is 29.3 Å². The first kappa shape index (κ1) is 22.7. The fourth-order valence-electron chi connectivity index (χ4n) is 2.73. The third-order valence-corrected chi connectivity index (χ3v) is 3.97. The molecule has 1 saturated heterocycles. The molecular weight excluding hydrogens is 376 g/mol. The van der Waals surface area contributed by atoms with E-state index in [-0.39, 0.29) is 29.6 Å². The zero-order valence-electron chi connectivity index (χ0n) is 15.6. The molecule has 0 aromatic heterocycles. The van der Waals surface area contributed by atoms with Gasteiger partial charge < -0.3 is 19.8 Å². The van der Waals surface area contributed by atoms with Gasteiger partial charge in [-0.25, -0.2) is 14.4 Å². The Balaban J connectivity index is 0.00000364. The second-order valence-corrected chi connectivity index (χ2v) is 7.23. The number of aromatic carboxylic acids is 2. The van der Waals surface area contributed by atoms with E-state index < -0.39 is 17.5 Å². The third-order valence-electron chi connectivity index (χ3n) is 3.97. The number of hydrogen-bond acceptors (Lipinski definition) is 5. The fraction of sp³-hybridized carbons (Fsp3) is 0.500. The number of carboxylic acid groups (broad SMARTS) is 2. The number of carboxylic acids is 2. The molecule has 0 aliphatic carbocycles. The van der Waals surface area contributed by atoms with Crippen LogP contribution in [0, 0.1) is 0 Å². The number of hydrogen-bond donors (Lipinski definition) is 2. The van der Waals surface area contributed by atoms with Crippen LogP contribution in [0.15, 0.2) is 18.2 Å². The van der Waals surface area contributed by atoms with E-state index in [4.69, 9.17) is 9.84 Å². The monoisotopic (exact) mass is 400 g/mol. The van der Waals surface area contributed by atoms with Gasteiger partial charge in [0.05, 0.1) is 11.1 Å². The molecule has 1 fully saturated rings. The van der Waals surface area contributed by atoms with E-state index >= 15 is 0 Å². The van der Waals surface area contributed by atoms with E-state index in [1.54, 1.807) is 11.0 Å². The highest BCUT2D eigenvalue weighted by Crippen LogP contribution is 2.16. The normalized spacial score (nSPS) is 15.0. The lowest BCUT2D eigenvalue weighted by atomic mass is 10.0. The highest BCUT2D eigenvalue weighted by Gasteiger charge is 2.26. The fourth-order valence-corrected chi connectivity index (χ4v) is 2.73. The Morgan fingerprint density at radius 1 is 1.00 bits per heavy atom. The van der Waals surface area contributed by atoms with Gasteiger partial charge >= 0.3 is 18.0 Å². The molecule has 150 valence electrons. The van der Waals surface area contributed by atoms with E-state index in [2.05, 4.69) is 4.90 Å². The van der Waals surface area contributed by atoms with Crippen LogP contribution in [-0.2, 0) is 11.3 Å². The van der Waals surface area contributed by atoms with Crippen LogP contribution in [-0.4, -0.2) is 69.8 Å². The van der Waals surface area contributed by atoms with Crippen molar-refractivity contribution >= 4 is 30.4 Å². The van der Waals surface area contributed by atoms with E-state index in [9.17, 15) is 19.5 Å². The molecule has 0 spiro atoms. The summed E-state index contributed by atoms with van der Waals surface area (Å²) >= 11 is 0. The van der Waals surface area contributed by atoms with E-state index in [1.807, 2.05) is 20.8 Å². The molecule has 1 aromatic rings. The SMILES string of the molecule is CC(C)(C)OC(=O)N1CCN(Cc2ccc(C(=O)O)c(C(=O)O)c2)CC1.Cl. The van der Waals surface area contributed by atoms with Crippen molar-refractivity contribution in [2.24, 2.45) is 0 Å². The van der Waals surface area contributed by atoms with Crippen LogP contribution in [0.25, 0.3) is 0 Å². The molecule has 9 heteroatoms. The first-order valence-electron chi connectivity index (χ1n) is 8.36. The van der Waals surface area contributed by atoms with Crippen molar-refractivity contribution in [3.05, 3.63) is 34.9 Å². The molecule has 1 heterocycles. The Morgan fingerprint density at radius 3 is 2.04 bits per heavy atom. The minimum Gasteiger partial charge on any atom is -0.478 e. The minimum atomic E-state index is -1.26. The van der Waals surface area contributed by atoms with Gasteiger partial charge in [0.2, 0.25) is 0 Å². The summed E-state index contributed by atoms with van der Waals surface area (Å²) in [5.41, 5.74) is -0.260. The molecule has 0 radical (unpaired) electrons. The summed E-state index contributed by atoms with van der Waals surface area (Å²) in [6.45, 7) is 8.25. The molecule has 1 amide bonds. The average Bonchev–Trinajstić information content (AvgIpc) is 2.53. The number of nitrogens with zero attached hydrogens (tertiary/aromatic N) is 2. The van der Waals surface area contributed by atoms with E-state index in [1.165, 1.54) is 12.1 Å². The van der Waals surface area contributed by atoms with Gasteiger partial charge in [-0.15, -0.1) is 12.4 Å². The van der Waals surface area contributed by atoms with E-state index in [0.29, 0.717) is 32.7 Å². The van der Waals surface area contributed by atoms with Crippen LogP contribution in [0.2, 0.25) is 0 Å². The molecule has 0 bridgehead atoms. The largest absolute Gasteiger partial charge is 0.478 e. The first-order chi connectivity index (χ1) is 12.1. The van der Waals surface area contributed by atoms with E-state index in [0.717, 1.165) is 5.56 Å². The Bertz CT molecular complexity index is 708. The summed E-state index contributed by atoms with van der Waals surface area (Å²) in [4.78, 5) is 38.2. The molecule has 8 nitrogen and oxygen atoms in total. The van der Waals surface area contributed by atoms with Crippen molar-refractivity contribution in [1.29, 1.82) is 0 Å². The van der Waals surface area contributed by atoms with Gasteiger partial charge in [-0.2, -0.15) is 0 Å². The highest BCUT2D eigenvalue weighted by molar-refractivity contribution is 6.01. The third kappa shape index (κ3) is 6.41. The molecule has 1 aliphatic rings. The lowest BCUT2D eigenvalue weighted by molar-refractivity contribution is 0.0138. The summed E-state index contributed by atoms with van der Waals surface area (Å²) in [6, 6.07) is 4.33. The molecule has 0 unspecified atom stereocenters. The standard InChI is InChI=1S/C18H24N2O6.ClH/c1-18(2,3)26-17(25)20-8-6-19(7-9-20)11-12-4-5-13(15(21)22)14(10-12)16(23)24;/h4-5,10H,6-9,11H2,1-3H3,(H,21,22)(H,23,24);1H. The zero-order valence-corrected chi connectivity index (χ0v) is 16.4. The lowest BCUT2D eigenvalue weighted by Crippen LogP contribution is -2.49. The number of amides is 1. The number of carbonyl (C=O) groups is 3. The van der Waals surface area contributed by atoms with Crippen LogP contribution in [0.1, 0.15) is 47.1 Å². The van der Waals surface area contributed by atoms with Gasteiger partial charge in [-0.1, -0.05) is 6.07 Å². The first-order valence-corrected chi connectivity index (χ1v) is 8.36. The lowest BCUT2D eigenvalue weighted by Gasteiger charge is -2.35. The predicted octanol–water partition coefficient (Wildman–Crippen LogP) is 2.56. The molecule has 27 heavy (non-hydrogen) atoms. The van der Waals surface area contributed by atoms with Gasteiger partial charge in [-0.3, -0.25) is 4.90 Å². The molecule has 1 aromatic carbocycles. The van der Waals surface area contributed by atoms with Crippen molar-refractivity contribution in [2.45, 2.75) is 32.9 Å². The van der Waals surface area contributed by atoms with Crippen LogP contribution >= 0.6 is 12.4 Å². The van der Waals surface area contributed by atoms with Crippen LogP contribution in [0.5, 0.6) is 0 Å². The summed E-state index contributed by atoms with van der Waals surface area (Å²) in [5, 5.41) is 18.3. The predicted molar refractivity (Wildman–Crippen MR) is 101 cm³/mol. The van der Waals surface area contributed by atoms with Gasteiger partial charge in [0, 0.05) is 32.7 Å². The minimum absolute atomic E-state index is 0. The molecule has 1 aliphatic heterocycles. The Kier molecular flexibility index (Phi) is 7.62. The van der Waals surface area contributed by atoms with Crippen LogP contribution in [0.4, 0.5) is 4.79 Å². The van der Waals surface area contributed by atoms with Gasteiger partial charge in [0.25, 0.3) is 0 Å². The number of benzene rings is 1. The smallest absolute Gasteiger partial charge is 0.410 e. The summed E-state index contributed by atoms with van der Waals surface area (Å²) in [5.74, 6) is -2.53. The van der Waals surface area contributed by atoms with Gasteiger partial charge in [0.15, 0.2) is 0 Å². The Labute approximate surface area is 164 Å². The topological polar surface area (TPSA) is 107 Å². The van der Waals surface area contributed by atoms with Gasteiger partial charge in [-0.05, 0) is 38.5 Å². The maximum absolute atomic E-state index is 12.1. The van der Waals surface area contributed by atoms with Crippen molar-refractivity contribution in [3.63, 3.8) is 0 Å². The summed E-state index contributed by atoms with van der Waals surface area (Å²) in [7, 11) is 0. The summed E-state index contributed by atoms with van der Waals surface area (Å²) in [6.07, 6.45) is -0.337. The zero-order chi connectivity index (χ0) is 19.5. The van der Waals surface area contributed by atoms with Crippen LogP contribution in [0.3, 0.4) is 0 Å². The summed E-state index contributed by atoms with van der Waals surface area (Å²) < 4.78 is 5.36. The number of piperazine rings is 1. The number of halogens is 1. The van der Waals surface area contributed by atoms with Crippen molar-refractivity contribution in [3.8, 4) is 0 Å². The van der Waals surface area contributed by atoms with Crippen molar-refractivity contribution in [2.75, 3.05) is 26.2 Å². The molecule has 2 N–H and O–H groups in total. The number of rotatable bonds is 4. The second kappa shape index (κ2) is 9.05. The Hall–Kier alpha value is -2.32. The number of ether oxygens (including phenoxy) is 1. The molecular formula is C18H25ClN2O6. The highest BCUT2D eigenvalue weighted by atomic mass is 35.5.